The molecule has 0 saturated carbocycles. The van der Waals surface area contributed by atoms with Crippen LogP contribution in [0.25, 0.3) is 0 Å². The van der Waals surface area contributed by atoms with E-state index in [9.17, 15) is 13.2 Å². The van der Waals surface area contributed by atoms with Gasteiger partial charge in [0.05, 0.1) is 25.2 Å². The van der Waals surface area contributed by atoms with Crippen molar-refractivity contribution >= 4 is 27.5 Å². The lowest BCUT2D eigenvalue weighted by Crippen LogP contribution is -2.43. The van der Waals surface area contributed by atoms with E-state index in [1.165, 1.54) is 36.2 Å². The van der Waals surface area contributed by atoms with Gasteiger partial charge in [-0.25, -0.2) is 8.42 Å². The number of benzene rings is 2. The number of sulfonamides is 1. The highest BCUT2D eigenvalue weighted by atomic mass is 35.5. The number of nitrogens with one attached hydrogen (secondary N) is 1. The van der Waals surface area contributed by atoms with Gasteiger partial charge in [-0.15, -0.1) is 0 Å². The van der Waals surface area contributed by atoms with Crippen molar-refractivity contribution in [2.75, 3.05) is 27.3 Å². The molecule has 2 aromatic rings. The van der Waals surface area contributed by atoms with Crippen molar-refractivity contribution in [2.24, 2.45) is 5.92 Å². The van der Waals surface area contributed by atoms with E-state index in [2.05, 4.69) is 5.32 Å². The van der Waals surface area contributed by atoms with E-state index in [0.717, 1.165) is 18.4 Å². The largest absolute Gasteiger partial charge is 0.493 e. The average molecular weight is 479 g/mol. The van der Waals surface area contributed by atoms with E-state index in [0.29, 0.717) is 42.5 Å². The van der Waals surface area contributed by atoms with Crippen LogP contribution in [0.4, 0.5) is 0 Å². The molecule has 1 saturated heterocycles. The van der Waals surface area contributed by atoms with E-state index in [1.807, 2.05) is 18.2 Å². The first-order chi connectivity index (χ1) is 15.3. The van der Waals surface area contributed by atoms with Crippen molar-refractivity contribution in [1.82, 2.24) is 9.62 Å². The molecule has 1 aliphatic heterocycles. The molecule has 172 valence electrons. The van der Waals surface area contributed by atoms with E-state index < -0.39 is 10.0 Å². The van der Waals surface area contributed by atoms with Crippen LogP contribution in [0.1, 0.15) is 36.4 Å². The molecule has 1 amide bonds. The molecular formula is C23H27ClN2O5S. The molecule has 0 radical (unpaired) electrons. The molecule has 4 rings (SSSR count). The van der Waals surface area contributed by atoms with E-state index >= 15 is 0 Å². The van der Waals surface area contributed by atoms with Crippen LogP contribution >= 0.6 is 11.6 Å². The third-order valence-corrected chi connectivity index (χ3v) is 8.45. The number of carbonyl (C=O) groups excluding carboxylic acids is 1. The zero-order valence-electron chi connectivity index (χ0n) is 18.1. The maximum atomic E-state index is 13.1. The van der Waals surface area contributed by atoms with Gasteiger partial charge in [0.25, 0.3) is 0 Å². The molecule has 1 heterocycles. The van der Waals surface area contributed by atoms with E-state index in [4.69, 9.17) is 21.1 Å². The van der Waals surface area contributed by atoms with Gasteiger partial charge in [0.15, 0.2) is 11.5 Å². The van der Waals surface area contributed by atoms with Crippen molar-refractivity contribution in [2.45, 2.75) is 36.6 Å². The Labute approximate surface area is 193 Å². The fourth-order valence-electron chi connectivity index (χ4n) is 4.51. The first-order valence-electron chi connectivity index (χ1n) is 10.6. The highest BCUT2D eigenvalue weighted by Gasteiger charge is 2.34. The quantitative estimate of drug-likeness (QED) is 0.686. The molecule has 1 aliphatic carbocycles. The lowest BCUT2D eigenvalue weighted by Gasteiger charge is -2.31. The zero-order chi connectivity index (χ0) is 22.9. The minimum Gasteiger partial charge on any atom is -0.493 e. The number of carbonyl (C=O) groups is 1. The third kappa shape index (κ3) is 4.44. The standard InChI is InChI=1S/C23H27ClN2O5S/c1-30-21-8-5-18(14-22(21)31-2)32(28,29)26-11-9-15(10-12-26)23(27)25-20-7-3-16-13-17(24)4-6-19(16)20/h4-6,8,13-15,20H,3,7,9-12H2,1-2H3,(H,25,27). The molecule has 1 unspecified atom stereocenters. The third-order valence-electron chi connectivity index (χ3n) is 6.32. The maximum absolute atomic E-state index is 13.1. The minimum atomic E-state index is -3.68. The van der Waals surface area contributed by atoms with Crippen LogP contribution < -0.4 is 14.8 Å². The molecule has 1 N–H and O–H groups in total. The van der Waals surface area contributed by atoms with Crippen LogP contribution in [0.2, 0.25) is 5.02 Å². The summed E-state index contributed by atoms with van der Waals surface area (Å²) in [6.07, 6.45) is 2.72. The predicted octanol–water partition coefficient (Wildman–Crippen LogP) is 3.56. The predicted molar refractivity (Wildman–Crippen MR) is 122 cm³/mol. The Balaban J connectivity index is 1.38. The summed E-state index contributed by atoms with van der Waals surface area (Å²) in [5.41, 5.74) is 2.30. The minimum absolute atomic E-state index is 0.0108. The van der Waals surface area contributed by atoms with Crippen LogP contribution in [0.5, 0.6) is 11.5 Å². The Bertz CT molecular complexity index is 1110. The number of nitrogens with zero attached hydrogens (tertiary/aromatic N) is 1. The number of fused-ring (bicyclic) bond motifs is 1. The number of aryl methyl sites for hydroxylation is 1. The van der Waals surface area contributed by atoms with Gasteiger partial charge in [0, 0.05) is 30.1 Å². The Morgan fingerprint density at radius 1 is 1.03 bits per heavy atom. The van der Waals surface area contributed by atoms with Gasteiger partial charge in [-0.1, -0.05) is 17.7 Å². The number of piperidine rings is 1. The van der Waals surface area contributed by atoms with Crippen molar-refractivity contribution in [3.05, 3.63) is 52.5 Å². The molecule has 2 aromatic carbocycles. The summed E-state index contributed by atoms with van der Waals surface area (Å²) >= 11 is 6.07. The highest BCUT2D eigenvalue weighted by molar-refractivity contribution is 7.89. The molecule has 7 nitrogen and oxygen atoms in total. The Kier molecular flexibility index (Phi) is 6.65. The van der Waals surface area contributed by atoms with Gasteiger partial charge in [0.1, 0.15) is 0 Å². The van der Waals surface area contributed by atoms with Crippen LogP contribution in [0.15, 0.2) is 41.3 Å². The number of amides is 1. The van der Waals surface area contributed by atoms with Gasteiger partial charge < -0.3 is 14.8 Å². The van der Waals surface area contributed by atoms with Crippen LogP contribution in [0, 0.1) is 5.92 Å². The molecule has 1 fully saturated rings. The summed E-state index contributed by atoms with van der Waals surface area (Å²) in [5.74, 6) is 0.614. The molecule has 0 aromatic heterocycles. The first kappa shape index (κ1) is 22.9. The monoisotopic (exact) mass is 478 g/mol. The topological polar surface area (TPSA) is 84.9 Å². The van der Waals surface area contributed by atoms with Crippen molar-refractivity contribution < 1.29 is 22.7 Å². The SMILES string of the molecule is COc1ccc(S(=O)(=O)N2CCC(C(=O)NC3CCc4cc(Cl)ccc43)CC2)cc1OC. The smallest absolute Gasteiger partial charge is 0.243 e. The van der Waals surface area contributed by atoms with Gasteiger partial charge in [-0.2, -0.15) is 4.31 Å². The van der Waals surface area contributed by atoms with E-state index in [-0.39, 0.29) is 22.8 Å². The maximum Gasteiger partial charge on any atom is 0.243 e. The second-order valence-electron chi connectivity index (χ2n) is 8.14. The Hall–Kier alpha value is -2.29. The number of methoxy groups -OCH3 is 2. The summed E-state index contributed by atoms with van der Waals surface area (Å²) in [6.45, 7) is 0.594. The molecule has 2 aliphatic rings. The lowest BCUT2D eigenvalue weighted by atomic mass is 9.96. The van der Waals surface area contributed by atoms with E-state index in [1.54, 1.807) is 6.07 Å². The number of hydrogen-bond donors (Lipinski definition) is 1. The second-order valence-corrected chi connectivity index (χ2v) is 10.5. The van der Waals surface area contributed by atoms with Crippen molar-refractivity contribution in [3.63, 3.8) is 0 Å². The Morgan fingerprint density at radius 2 is 1.75 bits per heavy atom. The second kappa shape index (κ2) is 9.29. The average Bonchev–Trinajstić information content (AvgIpc) is 3.20. The summed E-state index contributed by atoms with van der Waals surface area (Å²) in [4.78, 5) is 13.0. The van der Waals surface area contributed by atoms with Crippen LogP contribution in [0.3, 0.4) is 0 Å². The fraction of sp³-hybridized carbons (Fsp3) is 0.435. The number of ether oxygens (including phenoxy) is 2. The molecule has 9 heteroatoms. The van der Waals surface area contributed by atoms with Crippen molar-refractivity contribution in [1.29, 1.82) is 0 Å². The van der Waals surface area contributed by atoms with Gasteiger partial charge in [-0.3, -0.25) is 4.79 Å². The number of rotatable bonds is 6. The van der Waals surface area contributed by atoms with Crippen molar-refractivity contribution in [3.8, 4) is 11.5 Å². The molecule has 0 bridgehead atoms. The number of halogens is 1. The van der Waals surface area contributed by atoms with Crippen LogP contribution in [-0.4, -0.2) is 45.9 Å². The summed E-state index contributed by atoms with van der Waals surface area (Å²) in [7, 11) is -0.713. The van der Waals surface area contributed by atoms with Crippen LogP contribution in [-0.2, 0) is 21.2 Å². The fourth-order valence-corrected chi connectivity index (χ4v) is 6.19. The van der Waals surface area contributed by atoms with Gasteiger partial charge in [0.2, 0.25) is 15.9 Å². The van der Waals surface area contributed by atoms with Gasteiger partial charge in [-0.05, 0) is 61.1 Å². The lowest BCUT2D eigenvalue weighted by molar-refractivity contribution is -0.126. The Morgan fingerprint density at radius 3 is 2.44 bits per heavy atom. The van der Waals surface area contributed by atoms with Gasteiger partial charge >= 0.3 is 0 Å². The molecule has 1 atom stereocenters. The normalized spacial score (nSPS) is 19.4. The summed E-state index contributed by atoms with van der Waals surface area (Å²) < 4.78 is 38.0. The summed E-state index contributed by atoms with van der Waals surface area (Å²) in [5, 5.41) is 3.86. The molecular weight excluding hydrogens is 452 g/mol. The highest BCUT2D eigenvalue weighted by Crippen LogP contribution is 2.34. The summed E-state index contributed by atoms with van der Waals surface area (Å²) in [6, 6.07) is 10.3. The first-order valence-corrected chi connectivity index (χ1v) is 12.5. The molecule has 32 heavy (non-hydrogen) atoms. The molecule has 0 spiro atoms. The zero-order valence-corrected chi connectivity index (χ0v) is 19.7. The number of hydrogen-bond acceptors (Lipinski definition) is 5.